The Bertz CT molecular complexity index is 956. The molecular formula is C16H14F3N3O2S. The van der Waals surface area contributed by atoms with Gasteiger partial charge in [-0.3, -0.25) is 4.79 Å². The van der Waals surface area contributed by atoms with Crippen LogP contribution >= 0.6 is 11.3 Å². The predicted molar refractivity (Wildman–Crippen MR) is 86.5 cm³/mol. The molecule has 0 radical (unpaired) electrons. The Morgan fingerprint density at radius 2 is 2.04 bits per heavy atom. The van der Waals surface area contributed by atoms with E-state index in [9.17, 15) is 18.0 Å². The molecule has 0 atom stereocenters. The molecule has 0 saturated heterocycles. The van der Waals surface area contributed by atoms with Crippen molar-refractivity contribution in [3.05, 3.63) is 56.6 Å². The van der Waals surface area contributed by atoms with Crippen molar-refractivity contribution in [1.82, 2.24) is 14.8 Å². The molecule has 3 heterocycles. The molecule has 0 N–H and O–H groups in total. The monoisotopic (exact) mass is 369 g/mol. The molecule has 0 aliphatic carbocycles. The van der Waals surface area contributed by atoms with Crippen LogP contribution in [-0.2, 0) is 19.1 Å². The number of aromatic nitrogens is 3. The molecule has 3 aromatic heterocycles. The molecular weight excluding hydrogens is 355 g/mol. The molecule has 0 aromatic carbocycles. The first-order chi connectivity index (χ1) is 11.8. The van der Waals surface area contributed by atoms with Crippen LogP contribution in [0, 0.1) is 6.92 Å². The minimum absolute atomic E-state index is 0.0699. The normalized spacial score (nSPS) is 11.9. The maximum atomic E-state index is 12.8. The zero-order chi connectivity index (χ0) is 18.2. The minimum Gasteiger partial charge on any atom is -0.418 e. The molecule has 0 unspecified atom stereocenters. The van der Waals surface area contributed by atoms with Gasteiger partial charge in [0.1, 0.15) is 6.54 Å². The molecule has 0 fully saturated rings. The lowest BCUT2D eigenvalue weighted by atomic mass is 10.2. The molecule has 5 nitrogen and oxygen atoms in total. The van der Waals surface area contributed by atoms with E-state index in [0.717, 1.165) is 39.8 Å². The topological polar surface area (TPSA) is 60.9 Å². The van der Waals surface area contributed by atoms with E-state index in [1.54, 1.807) is 0 Å². The van der Waals surface area contributed by atoms with Crippen molar-refractivity contribution in [2.45, 2.75) is 33.0 Å². The van der Waals surface area contributed by atoms with E-state index in [4.69, 9.17) is 4.42 Å². The van der Waals surface area contributed by atoms with Crippen molar-refractivity contribution in [1.29, 1.82) is 0 Å². The van der Waals surface area contributed by atoms with E-state index in [1.165, 1.54) is 16.2 Å². The lowest BCUT2D eigenvalue weighted by Crippen LogP contribution is -2.22. The third-order valence-electron chi connectivity index (χ3n) is 3.64. The van der Waals surface area contributed by atoms with Gasteiger partial charge in [-0.05, 0) is 31.0 Å². The number of pyridine rings is 1. The van der Waals surface area contributed by atoms with Crippen LogP contribution in [0.15, 0.2) is 33.6 Å². The van der Waals surface area contributed by atoms with E-state index in [-0.39, 0.29) is 12.4 Å². The van der Waals surface area contributed by atoms with Crippen molar-refractivity contribution in [2.24, 2.45) is 0 Å². The number of thiophene rings is 1. The van der Waals surface area contributed by atoms with Gasteiger partial charge in [0, 0.05) is 17.1 Å². The summed E-state index contributed by atoms with van der Waals surface area (Å²) < 4.78 is 44.7. The summed E-state index contributed by atoms with van der Waals surface area (Å²) in [4.78, 5) is 13.8. The summed E-state index contributed by atoms with van der Waals surface area (Å²) in [5.41, 5.74) is -0.363. The van der Waals surface area contributed by atoms with Gasteiger partial charge in [0.25, 0.3) is 11.4 Å². The Hall–Kier alpha value is -2.42. The second-order valence-corrected chi connectivity index (χ2v) is 6.59. The van der Waals surface area contributed by atoms with Gasteiger partial charge in [-0.15, -0.1) is 21.5 Å². The van der Waals surface area contributed by atoms with Gasteiger partial charge >= 0.3 is 6.18 Å². The molecule has 0 spiro atoms. The van der Waals surface area contributed by atoms with E-state index >= 15 is 0 Å². The van der Waals surface area contributed by atoms with Gasteiger partial charge in [0.15, 0.2) is 0 Å². The summed E-state index contributed by atoms with van der Waals surface area (Å²) in [6.45, 7) is 3.81. The van der Waals surface area contributed by atoms with E-state index < -0.39 is 17.3 Å². The molecule has 3 aromatic rings. The van der Waals surface area contributed by atoms with Crippen molar-refractivity contribution in [2.75, 3.05) is 0 Å². The number of halogens is 3. The average Bonchev–Trinajstić information content (AvgIpc) is 3.14. The number of hydrogen-bond acceptors (Lipinski definition) is 5. The number of aryl methyl sites for hydroxylation is 2. The van der Waals surface area contributed by atoms with E-state index in [2.05, 4.69) is 10.2 Å². The van der Waals surface area contributed by atoms with Gasteiger partial charge in [0.2, 0.25) is 5.89 Å². The molecule has 0 bridgehead atoms. The minimum atomic E-state index is -4.53. The Labute approximate surface area is 144 Å². The molecule has 0 amide bonds. The van der Waals surface area contributed by atoms with Crippen LogP contribution in [0.3, 0.4) is 0 Å². The predicted octanol–water partition coefficient (Wildman–Crippen LogP) is 3.90. The van der Waals surface area contributed by atoms with E-state index in [1.807, 2.05) is 19.9 Å². The van der Waals surface area contributed by atoms with Crippen LogP contribution in [0.25, 0.3) is 10.8 Å². The first-order valence-electron chi connectivity index (χ1n) is 7.47. The largest absolute Gasteiger partial charge is 0.418 e. The Morgan fingerprint density at radius 1 is 1.28 bits per heavy atom. The Balaban J connectivity index is 1.88. The van der Waals surface area contributed by atoms with Gasteiger partial charge < -0.3 is 8.98 Å². The van der Waals surface area contributed by atoms with Crippen LogP contribution in [0.5, 0.6) is 0 Å². The molecule has 0 aliphatic heterocycles. The highest BCUT2D eigenvalue weighted by Crippen LogP contribution is 2.31. The average molecular weight is 369 g/mol. The molecule has 9 heteroatoms. The zero-order valence-electron chi connectivity index (χ0n) is 13.4. The lowest BCUT2D eigenvalue weighted by molar-refractivity contribution is -0.138. The summed E-state index contributed by atoms with van der Waals surface area (Å²) in [7, 11) is 0. The van der Waals surface area contributed by atoms with Crippen molar-refractivity contribution in [3.63, 3.8) is 0 Å². The fraction of sp³-hybridized carbons (Fsp3) is 0.312. The van der Waals surface area contributed by atoms with Crippen LogP contribution in [-0.4, -0.2) is 14.8 Å². The SMILES string of the molecule is CCc1sc(-c2nnc(Cn3cc(C(F)(F)F)ccc3=O)o2)cc1C. The molecule has 3 rings (SSSR count). The second kappa shape index (κ2) is 6.47. The van der Waals surface area contributed by atoms with Crippen LogP contribution in [0.4, 0.5) is 13.2 Å². The van der Waals surface area contributed by atoms with Crippen LogP contribution in [0.2, 0.25) is 0 Å². The fourth-order valence-corrected chi connectivity index (χ4v) is 3.40. The number of rotatable bonds is 4. The smallest absolute Gasteiger partial charge is 0.417 e. The highest BCUT2D eigenvalue weighted by molar-refractivity contribution is 7.15. The van der Waals surface area contributed by atoms with Crippen molar-refractivity contribution < 1.29 is 17.6 Å². The fourth-order valence-electron chi connectivity index (χ4n) is 2.36. The van der Waals surface area contributed by atoms with Gasteiger partial charge in [-0.25, -0.2) is 0 Å². The quantitative estimate of drug-likeness (QED) is 0.700. The second-order valence-electron chi connectivity index (χ2n) is 5.45. The van der Waals surface area contributed by atoms with Crippen LogP contribution in [0.1, 0.15) is 28.8 Å². The number of nitrogens with zero attached hydrogens (tertiary/aromatic N) is 3. The van der Waals surface area contributed by atoms with E-state index in [0.29, 0.717) is 5.89 Å². The highest BCUT2D eigenvalue weighted by atomic mass is 32.1. The third-order valence-corrected chi connectivity index (χ3v) is 5.01. The Morgan fingerprint density at radius 3 is 2.68 bits per heavy atom. The maximum Gasteiger partial charge on any atom is 0.417 e. The van der Waals surface area contributed by atoms with Crippen molar-refractivity contribution in [3.8, 4) is 10.8 Å². The van der Waals surface area contributed by atoms with Gasteiger partial charge in [0.05, 0.1) is 10.4 Å². The lowest BCUT2D eigenvalue weighted by Gasteiger charge is -2.08. The summed E-state index contributed by atoms with van der Waals surface area (Å²) in [5, 5.41) is 7.76. The summed E-state index contributed by atoms with van der Waals surface area (Å²) in [5.74, 6) is 0.364. The zero-order valence-corrected chi connectivity index (χ0v) is 14.2. The summed E-state index contributed by atoms with van der Waals surface area (Å²) in [6, 6.07) is 3.55. The van der Waals surface area contributed by atoms with Crippen molar-refractivity contribution >= 4 is 11.3 Å². The third kappa shape index (κ3) is 3.65. The summed E-state index contributed by atoms with van der Waals surface area (Å²) >= 11 is 1.53. The standard InChI is InChI=1S/C16H14F3N3O2S/c1-3-11-9(2)6-12(25-11)15-21-20-13(24-15)8-22-7-10(16(17,18)19)4-5-14(22)23/h4-7H,3,8H2,1-2H3. The molecule has 0 saturated carbocycles. The molecule has 0 aliphatic rings. The van der Waals surface area contributed by atoms with Gasteiger partial charge in [-0.2, -0.15) is 13.2 Å². The maximum absolute atomic E-state index is 12.8. The summed E-state index contributed by atoms with van der Waals surface area (Å²) in [6.07, 6.45) is -2.89. The Kier molecular flexibility index (Phi) is 4.51. The number of alkyl halides is 3. The molecule has 25 heavy (non-hydrogen) atoms. The first kappa shape index (κ1) is 17.4. The van der Waals surface area contributed by atoms with Gasteiger partial charge in [-0.1, -0.05) is 6.92 Å². The highest BCUT2D eigenvalue weighted by Gasteiger charge is 2.31. The van der Waals surface area contributed by atoms with Crippen LogP contribution < -0.4 is 5.56 Å². The molecule has 132 valence electrons. The first-order valence-corrected chi connectivity index (χ1v) is 8.29. The number of hydrogen-bond donors (Lipinski definition) is 0.